The first-order valence-corrected chi connectivity index (χ1v) is 13.1. The molecule has 1 aliphatic rings. The summed E-state index contributed by atoms with van der Waals surface area (Å²) < 4.78 is 12.7. The van der Waals surface area contributed by atoms with Crippen LogP contribution < -0.4 is 10.7 Å². The van der Waals surface area contributed by atoms with Crippen molar-refractivity contribution in [1.82, 2.24) is 9.55 Å². The minimum Gasteiger partial charge on any atom is -0.462 e. The zero-order valence-electron chi connectivity index (χ0n) is 22.5. The Labute approximate surface area is 226 Å². The smallest absolute Gasteiger partial charge is 0.411 e. The van der Waals surface area contributed by atoms with Crippen LogP contribution in [0.1, 0.15) is 58.7 Å². The van der Waals surface area contributed by atoms with E-state index in [2.05, 4.69) is 10.3 Å². The Morgan fingerprint density at radius 1 is 1.03 bits per heavy atom. The van der Waals surface area contributed by atoms with Gasteiger partial charge in [-0.3, -0.25) is 15.1 Å². The Balaban J connectivity index is 1.70. The van der Waals surface area contributed by atoms with Crippen molar-refractivity contribution in [1.29, 1.82) is 0 Å². The van der Waals surface area contributed by atoms with Gasteiger partial charge in [0.2, 0.25) is 5.43 Å². The van der Waals surface area contributed by atoms with Crippen molar-refractivity contribution in [3.63, 3.8) is 0 Å². The molecule has 8 nitrogen and oxygen atoms in total. The van der Waals surface area contributed by atoms with E-state index in [0.29, 0.717) is 5.52 Å². The molecule has 0 aliphatic heterocycles. The van der Waals surface area contributed by atoms with Crippen molar-refractivity contribution in [2.75, 3.05) is 11.9 Å². The van der Waals surface area contributed by atoms with Crippen LogP contribution in [0.3, 0.4) is 0 Å². The number of benzene rings is 2. The number of hydrogen-bond donors (Lipinski definition) is 1. The van der Waals surface area contributed by atoms with E-state index in [0.717, 1.165) is 46.5 Å². The first-order chi connectivity index (χ1) is 18.8. The number of esters is 1. The SMILES string of the molecule is CCOC(=O)c1cn(C2CC2)c2c(C)c(-c3cc(C)nc(C)c3)cc(NC(=O)OCc3ccccc3)c2c1=O. The molecule has 2 heterocycles. The third kappa shape index (κ3) is 5.41. The highest BCUT2D eigenvalue weighted by molar-refractivity contribution is 6.06. The summed E-state index contributed by atoms with van der Waals surface area (Å²) in [5.41, 5.74) is 5.62. The van der Waals surface area contributed by atoms with Gasteiger partial charge in [-0.25, -0.2) is 9.59 Å². The highest BCUT2D eigenvalue weighted by atomic mass is 16.5. The van der Waals surface area contributed by atoms with Gasteiger partial charge >= 0.3 is 12.1 Å². The fourth-order valence-corrected chi connectivity index (χ4v) is 4.97. The number of amides is 1. The molecule has 0 bridgehead atoms. The van der Waals surface area contributed by atoms with Gasteiger partial charge in [-0.15, -0.1) is 0 Å². The molecule has 1 aliphatic carbocycles. The maximum Gasteiger partial charge on any atom is 0.411 e. The summed E-state index contributed by atoms with van der Waals surface area (Å²) in [7, 11) is 0. The molecule has 5 rings (SSSR count). The van der Waals surface area contributed by atoms with Gasteiger partial charge in [-0.1, -0.05) is 30.3 Å². The zero-order valence-corrected chi connectivity index (χ0v) is 22.5. The summed E-state index contributed by atoms with van der Waals surface area (Å²) in [5.74, 6) is -0.682. The fraction of sp³-hybridized carbons (Fsp3) is 0.290. The lowest BCUT2D eigenvalue weighted by molar-refractivity contribution is 0.0524. The van der Waals surface area contributed by atoms with Crippen LogP contribution in [0, 0.1) is 20.8 Å². The lowest BCUT2D eigenvalue weighted by Crippen LogP contribution is -2.23. The van der Waals surface area contributed by atoms with Gasteiger partial charge in [0.25, 0.3) is 0 Å². The van der Waals surface area contributed by atoms with Crippen LogP contribution in [0.15, 0.2) is 59.5 Å². The number of nitrogens with one attached hydrogen (secondary N) is 1. The monoisotopic (exact) mass is 525 g/mol. The summed E-state index contributed by atoms with van der Waals surface area (Å²) in [6, 6.07) is 15.2. The minimum atomic E-state index is -0.698. The van der Waals surface area contributed by atoms with Crippen LogP contribution in [0.25, 0.3) is 22.0 Å². The Hall–Kier alpha value is -4.46. The normalized spacial score (nSPS) is 12.8. The number of carbonyl (C=O) groups excluding carboxylic acids is 2. The van der Waals surface area contributed by atoms with E-state index in [9.17, 15) is 14.4 Å². The van der Waals surface area contributed by atoms with Gasteiger partial charge in [0.15, 0.2) is 0 Å². The number of aryl methyl sites for hydroxylation is 3. The van der Waals surface area contributed by atoms with Gasteiger partial charge in [0, 0.05) is 23.6 Å². The second kappa shape index (κ2) is 10.7. The maximum atomic E-state index is 13.8. The number of pyridine rings is 2. The Morgan fingerprint density at radius 2 is 1.72 bits per heavy atom. The molecule has 0 atom stereocenters. The number of hydrogen-bond acceptors (Lipinski definition) is 6. The number of aromatic nitrogens is 2. The van der Waals surface area contributed by atoms with Crippen molar-refractivity contribution in [2.24, 2.45) is 0 Å². The molecule has 0 saturated heterocycles. The van der Waals surface area contributed by atoms with Crippen molar-refractivity contribution in [3.05, 3.63) is 93.0 Å². The molecule has 1 saturated carbocycles. The zero-order chi connectivity index (χ0) is 27.7. The van der Waals surface area contributed by atoms with E-state index < -0.39 is 17.5 Å². The van der Waals surface area contributed by atoms with E-state index in [1.54, 1.807) is 19.2 Å². The van der Waals surface area contributed by atoms with Gasteiger partial charge in [0.1, 0.15) is 12.2 Å². The van der Waals surface area contributed by atoms with E-state index in [-0.39, 0.29) is 35.9 Å². The number of carbonyl (C=O) groups is 2. The number of fused-ring (bicyclic) bond motifs is 1. The standard InChI is InChI=1S/C31H31N3O5/c1-5-38-30(36)25-16-34(23-11-12-23)28-20(4)24(22-13-18(2)32-19(3)14-22)15-26(27(28)29(25)35)33-31(37)39-17-21-9-7-6-8-10-21/h6-10,13-16,23H,5,11-12,17H2,1-4H3,(H,33,37). The fourth-order valence-electron chi connectivity index (χ4n) is 4.97. The van der Waals surface area contributed by atoms with Crippen molar-refractivity contribution in [2.45, 2.75) is 53.2 Å². The molecule has 1 amide bonds. The molecule has 8 heteroatoms. The minimum absolute atomic E-state index is 0.0558. The molecule has 1 N–H and O–H groups in total. The van der Waals surface area contributed by atoms with E-state index in [4.69, 9.17) is 9.47 Å². The van der Waals surface area contributed by atoms with Crippen LogP contribution in [-0.4, -0.2) is 28.2 Å². The molecule has 0 spiro atoms. The lowest BCUT2D eigenvalue weighted by Gasteiger charge is -2.20. The summed E-state index contributed by atoms with van der Waals surface area (Å²) in [6.07, 6.45) is 2.77. The predicted octanol–water partition coefficient (Wildman–Crippen LogP) is 6.25. The maximum absolute atomic E-state index is 13.8. The second-order valence-corrected chi connectivity index (χ2v) is 9.88. The topological polar surface area (TPSA) is 99.5 Å². The Morgan fingerprint density at radius 3 is 2.36 bits per heavy atom. The number of anilines is 1. The van der Waals surface area contributed by atoms with Crippen molar-refractivity contribution < 1.29 is 19.1 Å². The van der Waals surface area contributed by atoms with Gasteiger partial charge in [-0.2, -0.15) is 0 Å². The summed E-state index contributed by atoms with van der Waals surface area (Å²) >= 11 is 0. The summed E-state index contributed by atoms with van der Waals surface area (Å²) in [6.45, 7) is 7.74. The highest BCUT2D eigenvalue weighted by Gasteiger charge is 2.30. The highest BCUT2D eigenvalue weighted by Crippen LogP contribution is 2.41. The first kappa shape index (κ1) is 26.2. The molecular weight excluding hydrogens is 494 g/mol. The van der Waals surface area contributed by atoms with Crippen LogP contribution in [0.4, 0.5) is 10.5 Å². The number of nitrogens with zero attached hydrogens (tertiary/aromatic N) is 2. The van der Waals surface area contributed by atoms with Gasteiger partial charge < -0.3 is 14.0 Å². The molecule has 200 valence electrons. The van der Waals surface area contributed by atoms with Crippen LogP contribution in [-0.2, 0) is 16.1 Å². The second-order valence-electron chi connectivity index (χ2n) is 9.88. The molecule has 1 fully saturated rings. The summed E-state index contributed by atoms with van der Waals surface area (Å²) in [4.78, 5) is 44.1. The molecular formula is C31H31N3O5. The number of ether oxygens (including phenoxy) is 2. The Kier molecular flexibility index (Phi) is 7.19. The van der Waals surface area contributed by atoms with Crippen molar-refractivity contribution >= 4 is 28.7 Å². The molecule has 39 heavy (non-hydrogen) atoms. The molecule has 2 aromatic heterocycles. The van der Waals surface area contributed by atoms with E-state index in [1.807, 2.05) is 67.8 Å². The van der Waals surface area contributed by atoms with Crippen LogP contribution >= 0.6 is 0 Å². The van der Waals surface area contributed by atoms with Gasteiger partial charge in [0.05, 0.1) is 23.2 Å². The predicted molar refractivity (Wildman–Crippen MR) is 150 cm³/mol. The van der Waals surface area contributed by atoms with E-state index >= 15 is 0 Å². The van der Waals surface area contributed by atoms with Crippen LogP contribution in [0.2, 0.25) is 0 Å². The largest absolute Gasteiger partial charge is 0.462 e. The molecule has 0 radical (unpaired) electrons. The van der Waals surface area contributed by atoms with E-state index in [1.165, 1.54) is 0 Å². The lowest BCUT2D eigenvalue weighted by atomic mass is 9.94. The average Bonchev–Trinajstić information content (AvgIpc) is 3.74. The molecule has 2 aromatic carbocycles. The quantitative estimate of drug-likeness (QED) is 0.286. The first-order valence-electron chi connectivity index (χ1n) is 13.1. The third-order valence-electron chi connectivity index (χ3n) is 6.83. The van der Waals surface area contributed by atoms with Gasteiger partial charge in [-0.05, 0) is 81.0 Å². The molecule has 4 aromatic rings. The third-order valence-corrected chi connectivity index (χ3v) is 6.83. The summed E-state index contributed by atoms with van der Waals surface area (Å²) in [5, 5.41) is 3.06. The van der Waals surface area contributed by atoms with Crippen LogP contribution in [0.5, 0.6) is 0 Å². The molecule has 0 unspecified atom stereocenters. The number of rotatable bonds is 7. The van der Waals surface area contributed by atoms with Crippen molar-refractivity contribution in [3.8, 4) is 11.1 Å². The Bertz CT molecular complexity index is 1620. The average molecular weight is 526 g/mol.